The topological polar surface area (TPSA) is 55.8 Å². The molecule has 0 aliphatic heterocycles. The van der Waals surface area contributed by atoms with Gasteiger partial charge in [0.05, 0.1) is 25.5 Å². The normalized spacial score (nSPS) is 40.9. The van der Waals surface area contributed by atoms with Crippen LogP contribution in [-0.4, -0.2) is 30.6 Å². The minimum absolute atomic E-state index is 0.144. The second kappa shape index (κ2) is 6.93. The van der Waals surface area contributed by atoms with Crippen LogP contribution in [0.3, 0.4) is 0 Å². The van der Waals surface area contributed by atoms with Gasteiger partial charge in [0.25, 0.3) is 0 Å². The van der Waals surface area contributed by atoms with E-state index in [0.29, 0.717) is 36.4 Å². The maximum Gasteiger partial charge on any atom is 0.333 e. The predicted molar refractivity (Wildman–Crippen MR) is 101 cm³/mol. The summed E-state index contributed by atoms with van der Waals surface area (Å²) in [5.41, 5.74) is 0.519. The molecular weight excluding hydrogens is 335 g/mol. The van der Waals surface area contributed by atoms with E-state index in [9.17, 15) is 9.67 Å². The molecule has 1 N–H and O–H groups in total. The van der Waals surface area contributed by atoms with E-state index in [1.807, 2.05) is 13.8 Å². The second-order valence-electron chi connectivity index (χ2n) is 9.44. The lowest BCUT2D eigenvalue weighted by molar-refractivity contribution is -0.0129. The number of hydrogen-bond acceptors (Lipinski definition) is 4. The minimum Gasteiger partial charge on any atom is -0.392 e. The number of aliphatic hydroxyl groups excluding tert-OH is 1. The summed E-state index contributed by atoms with van der Waals surface area (Å²) in [6, 6.07) is 0. The molecule has 0 heterocycles. The van der Waals surface area contributed by atoms with E-state index in [4.69, 9.17) is 9.05 Å². The third-order valence-corrected chi connectivity index (χ3v) is 9.82. The minimum atomic E-state index is -3.21. The van der Waals surface area contributed by atoms with E-state index in [0.717, 1.165) is 0 Å². The van der Waals surface area contributed by atoms with Crippen molar-refractivity contribution in [1.82, 2.24) is 0 Å². The van der Waals surface area contributed by atoms with Crippen LogP contribution in [0.1, 0.15) is 66.7 Å². The SMILES string of the molecule is CCOP(=O)(C[C@H](O)[C@H]1[C@H]2CC[C@@H]3[C@@H]2C(C)(C)CCC[C@]13C)OCC. The van der Waals surface area contributed by atoms with Crippen molar-refractivity contribution in [1.29, 1.82) is 0 Å². The van der Waals surface area contributed by atoms with Crippen molar-refractivity contribution in [2.24, 2.45) is 34.5 Å². The van der Waals surface area contributed by atoms with Gasteiger partial charge in [-0.1, -0.05) is 27.2 Å². The van der Waals surface area contributed by atoms with Crippen LogP contribution in [0.2, 0.25) is 0 Å². The molecule has 0 unspecified atom stereocenters. The summed E-state index contributed by atoms with van der Waals surface area (Å²) in [5, 5.41) is 11.2. The fraction of sp³-hybridized carbons (Fsp3) is 1.00. The van der Waals surface area contributed by atoms with Crippen LogP contribution in [-0.2, 0) is 13.6 Å². The van der Waals surface area contributed by atoms with Gasteiger partial charge in [-0.25, -0.2) is 0 Å². The van der Waals surface area contributed by atoms with Crippen molar-refractivity contribution in [2.45, 2.75) is 72.8 Å². The average Bonchev–Trinajstić information content (AvgIpc) is 2.98. The predicted octanol–water partition coefficient (Wildman–Crippen LogP) is 5.10. The Morgan fingerprint density at radius 1 is 1.12 bits per heavy atom. The summed E-state index contributed by atoms with van der Waals surface area (Å²) in [4.78, 5) is 0. The van der Waals surface area contributed by atoms with E-state index >= 15 is 0 Å². The molecule has 6 atom stereocenters. The molecule has 0 aromatic heterocycles. The fourth-order valence-electron chi connectivity index (χ4n) is 7.08. The smallest absolute Gasteiger partial charge is 0.333 e. The Labute approximate surface area is 153 Å². The molecule has 0 saturated heterocycles. The second-order valence-corrected chi connectivity index (χ2v) is 11.5. The Balaban J connectivity index is 1.86. The van der Waals surface area contributed by atoms with Crippen molar-refractivity contribution >= 4 is 7.60 Å². The molecule has 25 heavy (non-hydrogen) atoms. The Morgan fingerprint density at radius 2 is 1.76 bits per heavy atom. The molecule has 0 spiro atoms. The first-order valence-corrected chi connectivity index (χ1v) is 12.0. The van der Waals surface area contributed by atoms with Crippen LogP contribution in [0.4, 0.5) is 0 Å². The summed E-state index contributed by atoms with van der Waals surface area (Å²) in [5.74, 6) is 2.17. The number of aliphatic hydroxyl groups is 1. The summed E-state index contributed by atoms with van der Waals surface area (Å²) in [6.07, 6.45) is 5.77. The van der Waals surface area contributed by atoms with Gasteiger partial charge in [0, 0.05) is 0 Å². The van der Waals surface area contributed by atoms with Crippen LogP contribution in [0.15, 0.2) is 0 Å². The van der Waals surface area contributed by atoms with E-state index < -0.39 is 13.7 Å². The first-order chi connectivity index (χ1) is 11.7. The van der Waals surface area contributed by atoms with Crippen LogP contribution in [0.5, 0.6) is 0 Å². The van der Waals surface area contributed by atoms with Gasteiger partial charge in [0.2, 0.25) is 0 Å². The zero-order valence-corrected chi connectivity index (χ0v) is 17.6. The molecule has 3 fully saturated rings. The third-order valence-electron chi connectivity index (χ3n) is 7.69. The zero-order chi connectivity index (χ0) is 18.5. The van der Waals surface area contributed by atoms with E-state index in [-0.39, 0.29) is 17.5 Å². The highest BCUT2D eigenvalue weighted by Crippen LogP contribution is 2.71. The Bertz CT molecular complexity index is 524. The summed E-state index contributed by atoms with van der Waals surface area (Å²) < 4.78 is 23.9. The van der Waals surface area contributed by atoms with Crippen molar-refractivity contribution in [3.63, 3.8) is 0 Å². The van der Waals surface area contributed by atoms with Gasteiger partial charge >= 0.3 is 7.60 Å². The maximum absolute atomic E-state index is 13.0. The standard InChI is InChI=1S/C20H37O4P/c1-6-23-25(22,24-7-2)13-16(21)18-14-9-10-15-17(14)19(3,4)11-8-12-20(15,18)5/h14-18,21H,6-13H2,1-5H3/t14-,15+,16-,17+,18+,20-/m0/s1. The number of rotatable bonds is 7. The lowest BCUT2D eigenvalue weighted by Gasteiger charge is -2.44. The van der Waals surface area contributed by atoms with Crippen LogP contribution in [0, 0.1) is 34.5 Å². The molecule has 0 amide bonds. The molecule has 146 valence electrons. The van der Waals surface area contributed by atoms with Crippen LogP contribution >= 0.6 is 7.60 Å². The molecule has 3 rings (SSSR count). The Hall–Kier alpha value is 0.110. The van der Waals surface area contributed by atoms with Crippen molar-refractivity contribution < 1.29 is 18.7 Å². The first kappa shape index (κ1) is 19.9. The molecule has 5 heteroatoms. The van der Waals surface area contributed by atoms with Gasteiger partial charge < -0.3 is 14.2 Å². The van der Waals surface area contributed by atoms with Crippen molar-refractivity contribution in [3.05, 3.63) is 0 Å². The summed E-state index contributed by atoms with van der Waals surface area (Å²) in [6.45, 7) is 11.6. The third kappa shape index (κ3) is 3.26. The average molecular weight is 372 g/mol. The van der Waals surface area contributed by atoms with Gasteiger partial charge in [0.1, 0.15) is 0 Å². The molecule has 0 aromatic rings. The van der Waals surface area contributed by atoms with Crippen LogP contribution < -0.4 is 0 Å². The first-order valence-electron chi connectivity index (χ1n) is 10.2. The molecule has 0 aromatic carbocycles. The molecular formula is C20H37O4P. The Morgan fingerprint density at radius 3 is 2.36 bits per heavy atom. The monoisotopic (exact) mass is 372 g/mol. The highest BCUT2D eigenvalue weighted by molar-refractivity contribution is 7.53. The summed E-state index contributed by atoms with van der Waals surface area (Å²) in [7, 11) is -3.21. The molecule has 3 aliphatic carbocycles. The van der Waals surface area contributed by atoms with Gasteiger partial charge in [-0.15, -0.1) is 0 Å². The largest absolute Gasteiger partial charge is 0.392 e. The van der Waals surface area contributed by atoms with E-state index in [2.05, 4.69) is 20.8 Å². The van der Waals surface area contributed by atoms with E-state index in [1.54, 1.807) is 0 Å². The lowest BCUT2D eigenvalue weighted by Crippen LogP contribution is -2.42. The van der Waals surface area contributed by atoms with Crippen molar-refractivity contribution in [2.75, 3.05) is 19.4 Å². The fourth-order valence-corrected chi connectivity index (χ4v) is 8.84. The van der Waals surface area contributed by atoms with Crippen molar-refractivity contribution in [3.8, 4) is 0 Å². The molecule has 4 bridgehead atoms. The zero-order valence-electron chi connectivity index (χ0n) is 16.7. The van der Waals surface area contributed by atoms with Crippen LogP contribution in [0.25, 0.3) is 0 Å². The number of hydrogen-bond donors (Lipinski definition) is 1. The van der Waals surface area contributed by atoms with E-state index in [1.165, 1.54) is 32.1 Å². The molecule has 3 aliphatic rings. The van der Waals surface area contributed by atoms with Gasteiger partial charge in [0.15, 0.2) is 0 Å². The summed E-state index contributed by atoms with van der Waals surface area (Å²) >= 11 is 0. The highest BCUT2D eigenvalue weighted by Gasteiger charge is 2.66. The van der Waals surface area contributed by atoms with Gasteiger partial charge in [-0.3, -0.25) is 4.57 Å². The quantitative estimate of drug-likeness (QED) is 0.632. The van der Waals surface area contributed by atoms with Gasteiger partial charge in [-0.05, 0) is 74.0 Å². The van der Waals surface area contributed by atoms with Gasteiger partial charge in [-0.2, -0.15) is 0 Å². The molecule has 3 saturated carbocycles. The molecule has 0 radical (unpaired) electrons. The lowest BCUT2D eigenvalue weighted by atomic mass is 9.63. The Kier molecular flexibility index (Phi) is 5.50. The maximum atomic E-state index is 13.0. The molecule has 4 nitrogen and oxygen atoms in total. The highest BCUT2D eigenvalue weighted by atomic mass is 31.2.